The first-order valence-electron chi connectivity index (χ1n) is 7.84. The van der Waals surface area contributed by atoms with E-state index in [-0.39, 0.29) is 17.9 Å². The summed E-state index contributed by atoms with van der Waals surface area (Å²) in [6, 6.07) is 0.485. The Balaban J connectivity index is 1.82. The van der Waals surface area contributed by atoms with Gasteiger partial charge < -0.3 is 15.4 Å². The molecule has 0 spiro atoms. The van der Waals surface area contributed by atoms with Gasteiger partial charge in [0.25, 0.3) is 0 Å². The van der Waals surface area contributed by atoms with E-state index in [0.29, 0.717) is 25.2 Å². The quantitative estimate of drug-likeness (QED) is 0.798. The zero-order valence-corrected chi connectivity index (χ0v) is 12.3. The highest BCUT2D eigenvalue weighted by atomic mass is 16.5. The van der Waals surface area contributed by atoms with E-state index < -0.39 is 0 Å². The molecule has 4 nitrogen and oxygen atoms in total. The van der Waals surface area contributed by atoms with Gasteiger partial charge in [-0.2, -0.15) is 0 Å². The van der Waals surface area contributed by atoms with Gasteiger partial charge in [0, 0.05) is 12.1 Å². The molecule has 2 N–H and O–H groups in total. The van der Waals surface area contributed by atoms with E-state index in [1.54, 1.807) is 0 Å². The van der Waals surface area contributed by atoms with Crippen LogP contribution in [0.1, 0.15) is 46.0 Å². The van der Waals surface area contributed by atoms with E-state index in [1.165, 1.54) is 32.1 Å². The highest BCUT2D eigenvalue weighted by molar-refractivity contribution is 5.80. The van der Waals surface area contributed by atoms with Gasteiger partial charge in [-0.1, -0.05) is 26.2 Å². The Hall–Kier alpha value is -0.610. The molecule has 3 unspecified atom stereocenters. The van der Waals surface area contributed by atoms with Crippen LogP contribution < -0.4 is 10.6 Å². The summed E-state index contributed by atoms with van der Waals surface area (Å²) in [5.41, 5.74) is 0. The molecule has 110 valence electrons. The molecule has 0 bridgehead atoms. The number of rotatable bonds is 5. The number of carbonyl (C=O) groups excluding carboxylic acids is 1. The first-order chi connectivity index (χ1) is 9.22. The highest BCUT2D eigenvalue weighted by Gasteiger charge is 2.34. The Morgan fingerprint density at radius 2 is 2.00 bits per heavy atom. The molecular formula is C15H28N2O2. The van der Waals surface area contributed by atoms with E-state index >= 15 is 0 Å². The van der Waals surface area contributed by atoms with Gasteiger partial charge in [-0.3, -0.25) is 4.79 Å². The SMILES string of the molecule is CCNC1COCC1C(=O)NC(C)C1CCCCC1. The Morgan fingerprint density at radius 1 is 1.26 bits per heavy atom. The van der Waals surface area contributed by atoms with Crippen molar-refractivity contribution in [2.24, 2.45) is 11.8 Å². The van der Waals surface area contributed by atoms with Crippen LogP contribution in [-0.2, 0) is 9.53 Å². The molecule has 0 aromatic heterocycles. The second-order valence-corrected chi connectivity index (χ2v) is 6.00. The number of carbonyl (C=O) groups is 1. The summed E-state index contributed by atoms with van der Waals surface area (Å²) in [6.45, 7) is 6.32. The fourth-order valence-electron chi connectivity index (χ4n) is 3.36. The number of hydrogen-bond acceptors (Lipinski definition) is 3. The normalized spacial score (nSPS) is 30.2. The molecule has 2 rings (SSSR count). The third-order valence-corrected chi connectivity index (χ3v) is 4.61. The molecule has 1 aliphatic heterocycles. The second-order valence-electron chi connectivity index (χ2n) is 6.00. The number of nitrogens with one attached hydrogen (secondary N) is 2. The van der Waals surface area contributed by atoms with Gasteiger partial charge in [-0.25, -0.2) is 0 Å². The summed E-state index contributed by atoms with van der Waals surface area (Å²) in [7, 11) is 0. The zero-order valence-electron chi connectivity index (χ0n) is 12.3. The van der Waals surface area contributed by atoms with Crippen molar-refractivity contribution in [3.05, 3.63) is 0 Å². The third kappa shape index (κ3) is 3.93. The maximum absolute atomic E-state index is 12.4. The monoisotopic (exact) mass is 268 g/mol. The Labute approximate surface area is 116 Å². The first kappa shape index (κ1) is 14.8. The molecule has 2 aliphatic rings. The Bertz CT molecular complexity index is 290. The molecule has 3 atom stereocenters. The highest BCUT2D eigenvalue weighted by Crippen LogP contribution is 2.26. The predicted molar refractivity (Wildman–Crippen MR) is 76.0 cm³/mol. The van der Waals surface area contributed by atoms with Crippen molar-refractivity contribution >= 4 is 5.91 Å². The molecule has 1 heterocycles. The van der Waals surface area contributed by atoms with Crippen molar-refractivity contribution in [3.63, 3.8) is 0 Å². The largest absolute Gasteiger partial charge is 0.379 e. The molecule has 0 aromatic carbocycles. The molecule has 1 amide bonds. The van der Waals surface area contributed by atoms with Gasteiger partial charge in [0.05, 0.1) is 19.1 Å². The molecular weight excluding hydrogens is 240 g/mol. The van der Waals surface area contributed by atoms with Crippen molar-refractivity contribution < 1.29 is 9.53 Å². The minimum Gasteiger partial charge on any atom is -0.379 e. The fourth-order valence-corrected chi connectivity index (χ4v) is 3.36. The lowest BCUT2D eigenvalue weighted by molar-refractivity contribution is -0.126. The summed E-state index contributed by atoms with van der Waals surface area (Å²) in [6.07, 6.45) is 6.52. The van der Waals surface area contributed by atoms with Crippen molar-refractivity contribution in [3.8, 4) is 0 Å². The van der Waals surface area contributed by atoms with Crippen molar-refractivity contribution in [2.75, 3.05) is 19.8 Å². The molecule has 4 heteroatoms. The van der Waals surface area contributed by atoms with Crippen LogP contribution in [0.15, 0.2) is 0 Å². The average Bonchev–Trinajstić information content (AvgIpc) is 2.88. The molecule has 1 saturated carbocycles. The van der Waals surface area contributed by atoms with E-state index in [2.05, 4.69) is 24.5 Å². The molecule has 19 heavy (non-hydrogen) atoms. The zero-order chi connectivity index (χ0) is 13.7. The van der Waals surface area contributed by atoms with E-state index in [0.717, 1.165) is 6.54 Å². The van der Waals surface area contributed by atoms with Gasteiger partial charge in [-0.15, -0.1) is 0 Å². The van der Waals surface area contributed by atoms with Crippen molar-refractivity contribution in [1.82, 2.24) is 10.6 Å². The molecule has 0 radical (unpaired) electrons. The number of amides is 1. The van der Waals surface area contributed by atoms with Gasteiger partial charge in [0.1, 0.15) is 0 Å². The Morgan fingerprint density at radius 3 is 2.68 bits per heavy atom. The van der Waals surface area contributed by atoms with Gasteiger partial charge >= 0.3 is 0 Å². The minimum absolute atomic E-state index is 0.0222. The number of hydrogen-bond donors (Lipinski definition) is 2. The van der Waals surface area contributed by atoms with Crippen LogP contribution in [0.4, 0.5) is 0 Å². The summed E-state index contributed by atoms with van der Waals surface area (Å²) < 4.78 is 5.45. The average molecular weight is 268 g/mol. The summed E-state index contributed by atoms with van der Waals surface area (Å²) in [5, 5.41) is 6.56. The van der Waals surface area contributed by atoms with Crippen LogP contribution >= 0.6 is 0 Å². The molecule has 0 aromatic rings. The lowest BCUT2D eigenvalue weighted by Crippen LogP contribution is -2.48. The standard InChI is InChI=1S/C15H28N2O2/c1-3-16-14-10-19-9-13(14)15(18)17-11(2)12-7-5-4-6-8-12/h11-14,16H,3-10H2,1-2H3,(H,17,18). The van der Waals surface area contributed by atoms with Crippen molar-refractivity contribution in [2.45, 2.75) is 58.0 Å². The van der Waals surface area contributed by atoms with Gasteiger partial charge in [-0.05, 0) is 32.2 Å². The first-order valence-corrected chi connectivity index (χ1v) is 7.84. The second kappa shape index (κ2) is 7.25. The van der Waals surface area contributed by atoms with E-state index in [9.17, 15) is 4.79 Å². The molecule has 1 aliphatic carbocycles. The molecule has 1 saturated heterocycles. The van der Waals surface area contributed by atoms with E-state index in [1.807, 2.05) is 0 Å². The van der Waals surface area contributed by atoms with E-state index in [4.69, 9.17) is 4.74 Å². The van der Waals surface area contributed by atoms with Crippen molar-refractivity contribution in [1.29, 1.82) is 0 Å². The topological polar surface area (TPSA) is 50.4 Å². The maximum atomic E-state index is 12.4. The summed E-state index contributed by atoms with van der Waals surface area (Å²) >= 11 is 0. The number of likely N-dealkylation sites (N-methyl/N-ethyl adjacent to an activating group) is 1. The van der Waals surface area contributed by atoms with Crippen LogP contribution in [0.2, 0.25) is 0 Å². The lowest BCUT2D eigenvalue weighted by Gasteiger charge is -2.29. The van der Waals surface area contributed by atoms with Gasteiger partial charge in [0.2, 0.25) is 5.91 Å². The summed E-state index contributed by atoms with van der Waals surface area (Å²) in [5.74, 6) is 0.810. The fraction of sp³-hybridized carbons (Fsp3) is 0.933. The summed E-state index contributed by atoms with van der Waals surface area (Å²) in [4.78, 5) is 12.4. The van der Waals surface area contributed by atoms with Gasteiger partial charge in [0.15, 0.2) is 0 Å². The van der Waals surface area contributed by atoms with Crippen LogP contribution in [0.5, 0.6) is 0 Å². The minimum atomic E-state index is -0.0222. The van der Waals surface area contributed by atoms with Crippen LogP contribution in [0, 0.1) is 11.8 Å². The van der Waals surface area contributed by atoms with Crippen LogP contribution in [-0.4, -0.2) is 37.7 Å². The Kier molecular flexibility index (Phi) is 5.64. The smallest absolute Gasteiger partial charge is 0.227 e. The lowest BCUT2D eigenvalue weighted by atomic mass is 9.84. The van der Waals surface area contributed by atoms with Crippen LogP contribution in [0.3, 0.4) is 0 Å². The number of ether oxygens (including phenoxy) is 1. The predicted octanol–water partition coefficient (Wildman–Crippen LogP) is 1.70. The van der Waals surface area contributed by atoms with Crippen LogP contribution in [0.25, 0.3) is 0 Å². The molecule has 2 fully saturated rings. The maximum Gasteiger partial charge on any atom is 0.227 e. The third-order valence-electron chi connectivity index (χ3n) is 4.61.